The highest BCUT2D eigenvalue weighted by molar-refractivity contribution is 6.32. The molecular formula is C12H13ClO2. The summed E-state index contributed by atoms with van der Waals surface area (Å²) in [6, 6.07) is 5.18. The number of hydrogen-bond donors (Lipinski definition) is 0. The Labute approximate surface area is 94.2 Å². The molecule has 0 aromatic heterocycles. The first kappa shape index (κ1) is 10.5. The molecule has 0 unspecified atom stereocenters. The van der Waals surface area contributed by atoms with Crippen LogP contribution in [0.15, 0.2) is 18.2 Å². The summed E-state index contributed by atoms with van der Waals surface area (Å²) >= 11 is 5.89. The molecule has 1 aliphatic rings. The molecule has 0 amide bonds. The third kappa shape index (κ3) is 1.86. The maximum absolute atomic E-state index is 12.0. The van der Waals surface area contributed by atoms with Crippen LogP contribution in [0.5, 0.6) is 5.75 Å². The molecule has 0 radical (unpaired) electrons. The topological polar surface area (TPSA) is 26.3 Å². The van der Waals surface area contributed by atoms with E-state index in [1.807, 2.05) is 6.92 Å². The lowest BCUT2D eigenvalue weighted by Crippen LogP contribution is -2.11. The van der Waals surface area contributed by atoms with Crippen molar-refractivity contribution in [3.63, 3.8) is 0 Å². The normalized spacial score (nSPS) is 17.3. The van der Waals surface area contributed by atoms with Crippen molar-refractivity contribution in [1.82, 2.24) is 0 Å². The van der Waals surface area contributed by atoms with Gasteiger partial charge in [-0.1, -0.05) is 18.5 Å². The predicted octanol–water partition coefficient (Wildman–Crippen LogP) is 3.33. The number of rotatable bonds is 3. The third-order valence-electron chi connectivity index (χ3n) is 2.96. The summed E-state index contributed by atoms with van der Waals surface area (Å²) < 4.78 is 5.08. The monoisotopic (exact) mass is 224 g/mol. The molecule has 0 heterocycles. The SMILES string of the molecule is COc1cc(C(=O)C2(C)CC2)ccc1Cl. The Hall–Kier alpha value is -1.02. The van der Waals surface area contributed by atoms with Crippen molar-refractivity contribution in [2.75, 3.05) is 7.11 Å². The van der Waals surface area contributed by atoms with E-state index in [0.29, 0.717) is 16.3 Å². The van der Waals surface area contributed by atoms with Crippen molar-refractivity contribution >= 4 is 17.4 Å². The number of methoxy groups -OCH3 is 1. The highest BCUT2D eigenvalue weighted by Crippen LogP contribution is 2.47. The van der Waals surface area contributed by atoms with E-state index >= 15 is 0 Å². The molecule has 1 fully saturated rings. The summed E-state index contributed by atoms with van der Waals surface area (Å²) in [5.74, 6) is 0.754. The largest absolute Gasteiger partial charge is 0.495 e. The van der Waals surface area contributed by atoms with Gasteiger partial charge in [-0.3, -0.25) is 4.79 Å². The van der Waals surface area contributed by atoms with Gasteiger partial charge in [0.25, 0.3) is 0 Å². The van der Waals surface area contributed by atoms with Crippen LogP contribution in [-0.4, -0.2) is 12.9 Å². The average Bonchev–Trinajstić information content (AvgIpc) is 2.97. The van der Waals surface area contributed by atoms with Crippen molar-refractivity contribution in [1.29, 1.82) is 0 Å². The van der Waals surface area contributed by atoms with E-state index in [9.17, 15) is 4.79 Å². The van der Waals surface area contributed by atoms with Gasteiger partial charge in [-0.25, -0.2) is 0 Å². The van der Waals surface area contributed by atoms with Gasteiger partial charge in [0, 0.05) is 11.0 Å². The first-order valence-corrected chi connectivity index (χ1v) is 5.33. The molecule has 0 saturated heterocycles. The van der Waals surface area contributed by atoms with Crippen molar-refractivity contribution in [2.45, 2.75) is 19.8 Å². The van der Waals surface area contributed by atoms with Crippen LogP contribution in [0, 0.1) is 5.41 Å². The molecule has 0 bridgehead atoms. The third-order valence-corrected chi connectivity index (χ3v) is 3.27. The van der Waals surface area contributed by atoms with Crippen LogP contribution in [0.2, 0.25) is 5.02 Å². The quantitative estimate of drug-likeness (QED) is 0.737. The number of carbonyl (C=O) groups is 1. The predicted molar refractivity (Wildman–Crippen MR) is 59.7 cm³/mol. The second-order valence-electron chi connectivity index (χ2n) is 4.24. The Balaban J connectivity index is 2.33. The Morgan fingerprint density at radius 2 is 2.13 bits per heavy atom. The van der Waals surface area contributed by atoms with Gasteiger partial charge in [0.15, 0.2) is 5.78 Å². The molecule has 1 aliphatic carbocycles. The molecule has 1 aromatic rings. The number of ether oxygens (including phenoxy) is 1. The van der Waals surface area contributed by atoms with E-state index in [2.05, 4.69) is 0 Å². The molecule has 2 rings (SSSR count). The van der Waals surface area contributed by atoms with Crippen molar-refractivity contribution < 1.29 is 9.53 Å². The number of ketones is 1. The van der Waals surface area contributed by atoms with E-state index in [-0.39, 0.29) is 11.2 Å². The summed E-state index contributed by atoms with van der Waals surface area (Å²) in [5.41, 5.74) is 0.551. The van der Waals surface area contributed by atoms with E-state index in [1.165, 1.54) is 0 Å². The first-order valence-electron chi connectivity index (χ1n) is 4.95. The zero-order valence-electron chi connectivity index (χ0n) is 8.84. The summed E-state index contributed by atoms with van der Waals surface area (Å²) in [5, 5.41) is 0.537. The number of benzene rings is 1. The van der Waals surface area contributed by atoms with E-state index in [0.717, 1.165) is 12.8 Å². The van der Waals surface area contributed by atoms with Gasteiger partial charge < -0.3 is 4.74 Å². The van der Waals surface area contributed by atoms with Crippen LogP contribution in [0.1, 0.15) is 30.1 Å². The smallest absolute Gasteiger partial charge is 0.168 e. The van der Waals surface area contributed by atoms with Crippen LogP contribution in [-0.2, 0) is 0 Å². The van der Waals surface area contributed by atoms with Crippen LogP contribution >= 0.6 is 11.6 Å². The summed E-state index contributed by atoms with van der Waals surface area (Å²) in [6.07, 6.45) is 1.97. The first-order chi connectivity index (χ1) is 7.07. The van der Waals surface area contributed by atoms with E-state index < -0.39 is 0 Å². The second kappa shape index (κ2) is 3.53. The van der Waals surface area contributed by atoms with Gasteiger partial charge in [-0.05, 0) is 31.0 Å². The number of hydrogen-bond acceptors (Lipinski definition) is 2. The molecule has 0 spiro atoms. The minimum atomic E-state index is -0.140. The number of carbonyl (C=O) groups excluding carboxylic acids is 1. The molecular weight excluding hydrogens is 212 g/mol. The molecule has 0 atom stereocenters. The highest BCUT2D eigenvalue weighted by Gasteiger charge is 2.45. The zero-order chi connectivity index (χ0) is 11.1. The van der Waals surface area contributed by atoms with Crippen molar-refractivity contribution in [3.8, 4) is 5.75 Å². The Kier molecular flexibility index (Phi) is 2.47. The fourth-order valence-electron chi connectivity index (χ4n) is 1.56. The fraction of sp³-hybridized carbons (Fsp3) is 0.417. The standard InChI is InChI=1S/C12H13ClO2/c1-12(5-6-12)11(14)8-3-4-9(13)10(7-8)15-2/h3-4,7H,5-6H2,1-2H3. The average molecular weight is 225 g/mol. The van der Waals surface area contributed by atoms with E-state index in [4.69, 9.17) is 16.3 Å². The molecule has 15 heavy (non-hydrogen) atoms. The molecule has 0 N–H and O–H groups in total. The van der Waals surface area contributed by atoms with Crippen LogP contribution in [0.4, 0.5) is 0 Å². The molecule has 1 aromatic carbocycles. The van der Waals surface area contributed by atoms with Gasteiger partial charge in [0.1, 0.15) is 5.75 Å². The summed E-state index contributed by atoms with van der Waals surface area (Å²) in [6.45, 7) is 2.00. The minimum Gasteiger partial charge on any atom is -0.495 e. The lowest BCUT2D eigenvalue weighted by atomic mass is 9.97. The summed E-state index contributed by atoms with van der Waals surface area (Å²) in [7, 11) is 1.55. The molecule has 0 aliphatic heterocycles. The second-order valence-corrected chi connectivity index (χ2v) is 4.65. The lowest BCUT2D eigenvalue weighted by Gasteiger charge is -2.09. The van der Waals surface area contributed by atoms with Gasteiger partial charge >= 0.3 is 0 Å². The van der Waals surface area contributed by atoms with Gasteiger partial charge in [0.2, 0.25) is 0 Å². The Morgan fingerprint density at radius 3 is 2.67 bits per heavy atom. The molecule has 3 heteroatoms. The van der Waals surface area contributed by atoms with Crippen molar-refractivity contribution in [2.24, 2.45) is 5.41 Å². The Bertz CT molecular complexity index is 408. The minimum absolute atomic E-state index is 0.140. The molecule has 1 saturated carbocycles. The maximum Gasteiger partial charge on any atom is 0.168 e. The maximum atomic E-state index is 12.0. The van der Waals surface area contributed by atoms with Crippen LogP contribution in [0.3, 0.4) is 0 Å². The number of halogens is 1. The van der Waals surface area contributed by atoms with E-state index in [1.54, 1.807) is 25.3 Å². The highest BCUT2D eigenvalue weighted by atomic mass is 35.5. The van der Waals surface area contributed by atoms with Crippen LogP contribution in [0.25, 0.3) is 0 Å². The van der Waals surface area contributed by atoms with Gasteiger partial charge in [-0.15, -0.1) is 0 Å². The fourth-order valence-corrected chi connectivity index (χ4v) is 1.76. The lowest BCUT2D eigenvalue weighted by molar-refractivity contribution is 0.0912. The zero-order valence-corrected chi connectivity index (χ0v) is 9.60. The van der Waals surface area contributed by atoms with Crippen molar-refractivity contribution in [3.05, 3.63) is 28.8 Å². The summed E-state index contributed by atoms with van der Waals surface area (Å²) in [4.78, 5) is 12.0. The van der Waals surface area contributed by atoms with Gasteiger partial charge in [0.05, 0.1) is 12.1 Å². The van der Waals surface area contributed by atoms with Gasteiger partial charge in [-0.2, -0.15) is 0 Å². The number of Topliss-reactive ketones (excluding diaryl/α,β-unsaturated/α-hetero) is 1. The Morgan fingerprint density at radius 1 is 1.47 bits per heavy atom. The molecule has 80 valence electrons. The molecule has 2 nitrogen and oxygen atoms in total. The van der Waals surface area contributed by atoms with Crippen LogP contribution < -0.4 is 4.74 Å².